The smallest absolute Gasteiger partial charge is 0.320 e. The Hall–Kier alpha value is -3.10. The topological polar surface area (TPSA) is 88.7 Å². The highest BCUT2D eigenvalue weighted by molar-refractivity contribution is 5.89. The van der Waals surface area contributed by atoms with Crippen LogP contribution >= 0.6 is 0 Å². The summed E-state index contributed by atoms with van der Waals surface area (Å²) in [6, 6.07) is 15.6. The zero-order valence-corrected chi connectivity index (χ0v) is 30.2. The first-order valence-electron chi connectivity index (χ1n) is 18.7. The summed E-state index contributed by atoms with van der Waals surface area (Å²) in [4.78, 5) is 30.2. The Morgan fingerprint density at radius 3 is 1.30 bits per heavy atom. The lowest BCUT2D eigenvalue weighted by atomic mass is 10.0. The van der Waals surface area contributed by atoms with E-state index >= 15 is 0 Å². The first kappa shape index (κ1) is 40.1. The zero-order valence-electron chi connectivity index (χ0n) is 30.2. The summed E-state index contributed by atoms with van der Waals surface area (Å²) in [7, 11) is 0. The summed E-state index contributed by atoms with van der Waals surface area (Å²) in [5.74, 6) is 0. The fraction of sp³-hybridized carbons (Fsp3) is 0.641. The van der Waals surface area contributed by atoms with Crippen LogP contribution in [0.4, 0.5) is 21.0 Å². The van der Waals surface area contributed by atoms with Gasteiger partial charge in [-0.25, -0.2) is 9.59 Å². The molecule has 2 rings (SSSR count). The van der Waals surface area contributed by atoms with Crippen molar-refractivity contribution in [3.63, 3.8) is 0 Å². The van der Waals surface area contributed by atoms with Crippen molar-refractivity contribution < 1.29 is 9.59 Å². The third-order valence-electron chi connectivity index (χ3n) is 8.52. The first-order chi connectivity index (χ1) is 23.0. The number of rotatable bonds is 26. The summed E-state index contributed by atoms with van der Waals surface area (Å²) >= 11 is 0. The van der Waals surface area contributed by atoms with Crippen molar-refractivity contribution in [2.45, 2.75) is 124 Å². The van der Waals surface area contributed by atoms with E-state index in [1.807, 2.05) is 36.4 Å². The summed E-state index contributed by atoms with van der Waals surface area (Å²) < 4.78 is 0. The molecule has 47 heavy (non-hydrogen) atoms. The largest absolute Gasteiger partial charge is 0.325 e. The van der Waals surface area contributed by atoms with Gasteiger partial charge in [-0.2, -0.15) is 0 Å². The summed E-state index contributed by atoms with van der Waals surface area (Å²) in [6.07, 6.45) is 17.8. The van der Waals surface area contributed by atoms with Gasteiger partial charge in [0.25, 0.3) is 0 Å². The van der Waals surface area contributed by atoms with Crippen LogP contribution < -0.4 is 21.3 Å². The molecule has 0 saturated carbocycles. The molecule has 4 amide bonds. The number of anilines is 2. The summed E-state index contributed by atoms with van der Waals surface area (Å²) in [6.45, 7) is 14.1. The van der Waals surface area contributed by atoms with Gasteiger partial charge in [-0.15, -0.1) is 0 Å². The van der Waals surface area contributed by atoms with Gasteiger partial charge in [0, 0.05) is 11.4 Å². The SMILES string of the molecule is CCCCCCCN(CCCC)CNC(=O)Nc1cccc(Cc2cccc(NC(=O)NCN(CCCC)CCCCCCC)c2)c1. The molecule has 0 bridgehead atoms. The van der Waals surface area contributed by atoms with Crippen molar-refractivity contribution in [3.05, 3.63) is 59.7 Å². The molecule has 0 aliphatic rings. The van der Waals surface area contributed by atoms with Crippen molar-refractivity contribution in [2.75, 3.05) is 50.1 Å². The molecular weight excluding hydrogens is 584 g/mol. The van der Waals surface area contributed by atoms with Gasteiger partial charge in [0.2, 0.25) is 0 Å². The lowest BCUT2D eigenvalue weighted by Crippen LogP contribution is -2.40. The number of carbonyl (C=O) groups is 2. The van der Waals surface area contributed by atoms with E-state index in [0.717, 1.165) is 74.4 Å². The molecule has 0 aliphatic heterocycles. The van der Waals surface area contributed by atoms with Gasteiger partial charge in [0.15, 0.2) is 0 Å². The minimum Gasteiger partial charge on any atom is -0.325 e. The maximum absolute atomic E-state index is 12.8. The van der Waals surface area contributed by atoms with Crippen LogP contribution in [0.5, 0.6) is 0 Å². The molecule has 2 aromatic rings. The maximum atomic E-state index is 12.8. The minimum absolute atomic E-state index is 0.184. The van der Waals surface area contributed by atoms with Gasteiger partial charge < -0.3 is 21.3 Å². The lowest BCUT2D eigenvalue weighted by Gasteiger charge is -2.22. The molecule has 0 heterocycles. The molecule has 4 N–H and O–H groups in total. The number of amides is 4. The van der Waals surface area contributed by atoms with E-state index in [2.05, 4.69) is 70.9 Å². The summed E-state index contributed by atoms with van der Waals surface area (Å²) in [5, 5.41) is 12.1. The fourth-order valence-electron chi connectivity index (χ4n) is 5.65. The molecule has 8 heteroatoms. The molecule has 2 aromatic carbocycles. The van der Waals surface area contributed by atoms with E-state index in [4.69, 9.17) is 0 Å². The normalized spacial score (nSPS) is 11.2. The highest BCUT2D eigenvalue weighted by Gasteiger charge is 2.10. The Balaban J connectivity index is 1.84. The molecular formula is C39H66N6O2. The Kier molecular flexibility index (Phi) is 22.1. The molecule has 0 atom stereocenters. The molecule has 0 aliphatic carbocycles. The second-order valence-electron chi connectivity index (χ2n) is 12.9. The van der Waals surface area contributed by atoms with Crippen molar-refractivity contribution in [1.29, 1.82) is 0 Å². The van der Waals surface area contributed by atoms with Crippen LogP contribution in [0.15, 0.2) is 48.5 Å². The van der Waals surface area contributed by atoms with Gasteiger partial charge in [0.05, 0.1) is 13.3 Å². The molecule has 0 fully saturated rings. The van der Waals surface area contributed by atoms with Crippen molar-refractivity contribution in [2.24, 2.45) is 0 Å². The van der Waals surface area contributed by atoms with Crippen LogP contribution in [0.25, 0.3) is 0 Å². The Morgan fingerprint density at radius 1 is 0.511 bits per heavy atom. The quantitative estimate of drug-likeness (QED) is 0.0603. The second-order valence-corrected chi connectivity index (χ2v) is 12.9. The Morgan fingerprint density at radius 2 is 0.894 bits per heavy atom. The van der Waals surface area contributed by atoms with Crippen molar-refractivity contribution in [1.82, 2.24) is 20.4 Å². The predicted octanol–water partition coefficient (Wildman–Crippen LogP) is 9.58. The Labute approximate surface area is 286 Å². The van der Waals surface area contributed by atoms with E-state index < -0.39 is 0 Å². The molecule has 8 nitrogen and oxygen atoms in total. The van der Waals surface area contributed by atoms with Crippen LogP contribution in [0.3, 0.4) is 0 Å². The predicted molar refractivity (Wildman–Crippen MR) is 200 cm³/mol. The first-order valence-corrected chi connectivity index (χ1v) is 18.7. The van der Waals surface area contributed by atoms with Crippen LogP contribution in [-0.2, 0) is 6.42 Å². The Bertz CT molecular complexity index is 1020. The van der Waals surface area contributed by atoms with Crippen LogP contribution in [0.2, 0.25) is 0 Å². The lowest BCUT2D eigenvalue weighted by molar-refractivity contribution is 0.224. The van der Waals surface area contributed by atoms with E-state index in [1.54, 1.807) is 0 Å². The average molecular weight is 651 g/mol. The minimum atomic E-state index is -0.184. The highest BCUT2D eigenvalue weighted by Crippen LogP contribution is 2.18. The van der Waals surface area contributed by atoms with Crippen LogP contribution in [0.1, 0.15) is 129 Å². The molecule has 0 saturated heterocycles. The highest BCUT2D eigenvalue weighted by atomic mass is 16.2. The number of hydrogen-bond donors (Lipinski definition) is 4. The van der Waals surface area contributed by atoms with E-state index in [1.165, 1.54) is 64.2 Å². The van der Waals surface area contributed by atoms with Crippen LogP contribution in [-0.4, -0.2) is 61.4 Å². The molecule has 0 spiro atoms. The third-order valence-corrected chi connectivity index (χ3v) is 8.52. The average Bonchev–Trinajstić information content (AvgIpc) is 3.06. The van der Waals surface area contributed by atoms with Crippen molar-refractivity contribution in [3.8, 4) is 0 Å². The van der Waals surface area contributed by atoms with E-state index in [0.29, 0.717) is 19.8 Å². The number of carbonyl (C=O) groups excluding carboxylic acids is 2. The number of nitrogens with one attached hydrogen (secondary N) is 4. The zero-order chi connectivity index (χ0) is 34.0. The van der Waals surface area contributed by atoms with Crippen LogP contribution in [0, 0.1) is 0 Å². The number of benzene rings is 2. The van der Waals surface area contributed by atoms with E-state index in [9.17, 15) is 9.59 Å². The van der Waals surface area contributed by atoms with Gasteiger partial charge in [0.1, 0.15) is 0 Å². The molecule has 0 radical (unpaired) electrons. The standard InChI is InChI=1S/C39H66N6O2/c1-5-9-13-15-17-27-44(25-11-7-3)32-40-38(46)42-36-23-19-21-34(30-36)29-35-22-20-24-37(31-35)43-39(47)41-33-45(26-12-8-4)28-18-16-14-10-6-2/h19-24,30-31H,5-18,25-29,32-33H2,1-4H3,(H2,40,42,46)(H2,41,43,47). The second kappa shape index (κ2) is 25.9. The number of hydrogen-bond acceptors (Lipinski definition) is 4. The fourth-order valence-corrected chi connectivity index (χ4v) is 5.65. The third kappa shape index (κ3) is 19.3. The molecule has 0 unspecified atom stereocenters. The van der Waals surface area contributed by atoms with Gasteiger partial charge in [-0.3, -0.25) is 9.80 Å². The number of nitrogens with zero attached hydrogens (tertiary/aromatic N) is 2. The number of unbranched alkanes of at least 4 members (excludes halogenated alkanes) is 10. The maximum Gasteiger partial charge on any atom is 0.320 e. The number of urea groups is 2. The molecule has 264 valence electrons. The molecule has 0 aromatic heterocycles. The monoisotopic (exact) mass is 651 g/mol. The van der Waals surface area contributed by atoms with Gasteiger partial charge in [-0.05, 0) is 93.7 Å². The van der Waals surface area contributed by atoms with Crippen molar-refractivity contribution >= 4 is 23.4 Å². The van der Waals surface area contributed by atoms with Gasteiger partial charge >= 0.3 is 12.1 Å². The van der Waals surface area contributed by atoms with Gasteiger partial charge in [-0.1, -0.05) is 116 Å². The summed E-state index contributed by atoms with van der Waals surface area (Å²) in [5.41, 5.74) is 3.72. The van der Waals surface area contributed by atoms with E-state index in [-0.39, 0.29) is 12.1 Å².